The summed E-state index contributed by atoms with van der Waals surface area (Å²) < 4.78 is 5.00. The normalized spacial score (nSPS) is 27.5. The van der Waals surface area contributed by atoms with Gasteiger partial charge in [0.15, 0.2) is 7.58 Å². The molecule has 1 heterocycles. The van der Waals surface area contributed by atoms with Crippen molar-refractivity contribution in [2.45, 2.75) is 52.6 Å². The molecule has 0 amide bonds. The molecule has 2 nitrogen and oxygen atoms in total. The Bertz CT molecular complexity index is 233. The highest BCUT2D eigenvalue weighted by Gasteiger charge is 2.57. The predicted molar refractivity (Wildman–Crippen MR) is 75.4 cm³/mol. The van der Waals surface area contributed by atoms with Crippen LogP contribution in [0.5, 0.6) is 0 Å². The smallest absolute Gasteiger partial charge is 0.160 e. The van der Waals surface area contributed by atoms with E-state index in [-0.39, 0.29) is 11.1 Å². The van der Waals surface area contributed by atoms with Crippen molar-refractivity contribution in [2.75, 3.05) is 12.5 Å². The molecule has 1 aliphatic rings. The first kappa shape index (κ1) is 14.1. The quantitative estimate of drug-likeness (QED) is 0.596. The molecule has 0 saturated carbocycles. The van der Waals surface area contributed by atoms with Crippen LogP contribution >= 0.6 is 29.2 Å². The van der Waals surface area contributed by atoms with Gasteiger partial charge in [-0.3, -0.25) is 0 Å². The maximum Gasteiger partial charge on any atom is 0.160 e. The Morgan fingerprint density at radius 2 is 1.13 bits per heavy atom. The van der Waals surface area contributed by atoms with Crippen LogP contribution in [-0.4, -0.2) is 31.7 Å². The molecular formula is C10H24ClN2PS. The minimum Gasteiger partial charge on any atom is -0.202 e. The molecule has 0 aromatic rings. The van der Waals surface area contributed by atoms with Crippen molar-refractivity contribution in [1.29, 1.82) is 0 Å². The standard InChI is InChI=1S/C10H24ClN2PS/c1-9(2,3)12-14(11)13(10(4,5)6)15(12,7)8/h1-8H3. The summed E-state index contributed by atoms with van der Waals surface area (Å²) in [4.78, 5) is 0. The molecule has 0 N–H and O–H groups in total. The fraction of sp³-hybridized carbons (Fsp3) is 1.00. The van der Waals surface area contributed by atoms with Crippen molar-refractivity contribution < 1.29 is 0 Å². The molecule has 0 bridgehead atoms. The van der Waals surface area contributed by atoms with Crippen molar-refractivity contribution in [3.05, 3.63) is 0 Å². The molecule has 0 aliphatic carbocycles. The average molecular weight is 271 g/mol. The molecule has 1 fully saturated rings. The Hall–Kier alpha value is 0.990. The topological polar surface area (TPSA) is 6.48 Å². The van der Waals surface area contributed by atoms with Crippen molar-refractivity contribution in [3.8, 4) is 0 Å². The van der Waals surface area contributed by atoms with Gasteiger partial charge in [0.1, 0.15) is 0 Å². The molecule has 0 radical (unpaired) electrons. The van der Waals surface area contributed by atoms with Crippen LogP contribution in [0.1, 0.15) is 41.5 Å². The molecule has 0 atom stereocenters. The summed E-state index contributed by atoms with van der Waals surface area (Å²) in [6, 6.07) is 0. The summed E-state index contributed by atoms with van der Waals surface area (Å²) in [6.07, 6.45) is 4.68. The van der Waals surface area contributed by atoms with E-state index < -0.39 is 18.0 Å². The van der Waals surface area contributed by atoms with Crippen LogP contribution in [0.25, 0.3) is 0 Å². The highest BCUT2D eigenvalue weighted by molar-refractivity contribution is 8.39. The molecule has 0 aromatic heterocycles. The first-order chi connectivity index (χ1) is 6.40. The van der Waals surface area contributed by atoms with Gasteiger partial charge in [0.25, 0.3) is 0 Å². The molecule has 5 heteroatoms. The second-order valence-electron chi connectivity index (χ2n) is 6.35. The Balaban J connectivity index is 2.96. The van der Waals surface area contributed by atoms with E-state index in [1.54, 1.807) is 0 Å². The first-order valence-electron chi connectivity index (χ1n) is 5.20. The summed E-state index contributed by atoms with van der Waals surface area (Å²) in [6.45, 7) is 13.5. The average Bonchev–Trinajstić information content (AvgIpc) is 1.74. The molecule has 15 heavy (non-hydrogen) atoms. The van der Waals surface area contributed by atoms with Crippen molar-refractivity contribution in [3.63, 3.8) is 0 Å². The predicted octanol–water partition coefficient (Wildman–Crippen LogP) is 4.56. The minimum atomic E-state index is -0.864. The largest absolute Gasteiger partial charge is 0.202 e. The second kappa shape index (κ2) is 3.74. The summed E-state index contributed by atoms with van der Waals surface area (Å²) in [5.41, 5.74) is 0.349. The van der Waals surface area contributed by atoms with Crippen molar-refractivity contribution in [2.24, 2.45) is 0 Å². The Labute approximate surface area is 103 Å². The number of nitrogens with zero attached hydrogens (tertiary/aromatic N) is 2. The van der Waals surface area contributed by atoms with Crippen LogP contribution in [0.15, 0.2) is 0 Å². The molecular weight excluding hydrogens is 247 g/mol. The minimum absolute atomic E-state index is 0.175. The van der Waals surface area contributed by atoms with Crippen molar-refractivity contribution >= 4 is 29.2 Å². The van der Waals surface area contributed by atoms with Crippen molar-refractivity contribution in [1.82, 2.24) is 8.15 Å². The van der Waals surface area contributed by atoms with E-state index in [4.69, 9.17) is 11.2 Å². The number of hydrogen-bond donors (Lipinski definition) is 0. The Morgan fingerprint density at radius 3 is 1.27 bits per heavy atom. The third kappa shape index (κ3) is 2.32. The van der Waals surface area contributed by atoms with Gasteiger partial charge in [0.2, 0.25) is 0 Å². The second-order valence-corrected chi connectivity index (χ2v) is 12.2. The Kier molecular flexibility index (Phi) is 3.51. The van der Waals surface area contributed by atoms with Crippen LogP contribution in [0.3, 0.4) is 0 Å². The van der Waals surface area contributed by atoms with Gasteiger partial charge in [0, 0.05) is 11.1 Å². The molecule has 0 spiro atoms. The lowest BCUT2D eigenvalue weighted by Crippen LogP contribution is -2.58. The van der Waals surface area contributed by atoms with Gasteiger partial charge in [-0.2, -0.15) is 0 Å². The van der Waals surface area contributed by atoms with E-state index in [2.05, 4.69) is 62.2 Å². The molecule has 0 unspecified atom stereocenters. The zero-order valence-electron chi connectivity index (χ0n) is 11.1. The van der Waals surface area contributed by atoms with Crippen LogP contribution in [0.4, 0.5) is 0 Å². The van der Waals surface area contributed by atoms with E-state index in [0.717, 1.165) is 0 Å². The highest BCUT2D eigenvalue weighted by Crippen LogP contribution is 2.84. The molecule has 0 aromatic carbocycles. The monoisotopic (exact) mass is 270 g/mol. The van der Waals surface area contributed by atoms with Crippen LogP contribution in [-0.2, 0) is 0 Å². The molecule has 1 aliphatic heterocycles. The SMILES string of the molecule is CC(C)(C)N1P(Cl)N(C(C)(C)C)S1(C)C. The molecule has 1 rings (SSSR count). The van der Waals surface area contributed by atoms with Crippen LogP contribution in [0, 0.1) is 0 Å². The third-order valence-electron chi connectivity index (χ3n) is 2.29. The summed E-state index contributed by atoms with van der Waals surface area (Å²) in [7, 11) is -1.50. The van der Waals surface area contributed by atoms with E-state index in [1.807, 2.05) is 0 Å². The van der Waals surface area contributed by atoms with Crippen LogP contribution < -0.4 is 0 Å². The van der Waals surface area contributed by atoms with Gasteiger partial charge in [-0.1, -0.05) is 11.2 Å². The zero-order valence-corrected chi connectivity index (χ0v) is 13.6. The maximum atomic E-state index is 6.57. The Morgan fingerprint density at radius 1 is 0.867 bits per heavy atom. The van der Waals surface area contributed by atoms with Gasteiger partial charge in [-0.15, -0.1) is 10.4 Å². The maximum absolute atomic E-state index is 6.57. The van der Waals surface area contributed by atoms with Gasteiger partial charge in [-0.25, -0.2) is 8.15 Å². The number of rotatable bonds is 0. The summed E-state index contributed by atoms with van der Waals surface area (Å²) in [5.74, 6) is 0. The fourth-order valence-corrected chi connectivity index (χ4v) is 13.4. The number of halogens is 1. The lowest BCUT2D eigenvalue weighted by atomic mass is 10.1. The summed E-state index contributed by atoms with van der Waals surface area (Å²) >= 11 is 6.57. The van der Waals surface area contributed by atoms with Gasteiger partial charge in [0.05, 0.1) is 0 Å². The molecule has 1 saturated heterocycles. The lowest BCUT2D eigenvalue weighted by Gasteiger charge is -2.71. The first-order valence-corrected chi connectivity index (χ1v) is 9.71. The van der Waals surface area contributed by atoms with Crippen LogP contribution in [0.2, 0.25) is 0 Å². The summed E-state index contributed by atoms with van der Waals surface area (Å²) in [5, 5.41) is 0. The zero-order chi connectivity index (χ0) is 12.2. The highest BCUT2D eigenvalue weighted by atomic mass is 35.7. The fourth-order valence-electron chi connectivity index (χ4n) is 2.28. The lowest BCUT2D eigenvalue weighted by molar-refractivity contribution is 0.296. The van der Waals surface area contributed by atoms with Gasteiger partial charge >= 0.3 is 0 Å². The van der Waals surface area contributed by atoms with Gasteiger partial charge < -0.3 is 0 Å². The molecule has 92 valence electrons. The van der Waals surface area contributed by atoms with Gasteiger partial charge in [-0.05, 0) is 54.1 Å². The van der Waals surface area contributed by atoms with E-state index in [9.17, 15) is 0 Å². The van der Waals surface area contributed by atoms with E-state index in [0.29, 0.717) is 0 Å². The van der Waals surface area contributed by atoms with E-state index >= 15 is 0 Å². The van der Waals surface area contributed by atoms with E-state index in [1.165, 1.54) is 0 Å². The number of hydrogen-bond acceptors (Lipinski definition) is 2. The third-order valence-corrected chi connectivity index (χ3v) is 11.7.